The molecule has 0 saturated carbocycles. The zero-order valence-corrected chi connectivity index (χ0v) is 12.2. The molecule has 112 valence electrons. The van der Waals surface area contributed by atoms with Crippen LogP contribution in [0.1, 0.15) is 5.56 Å². The quantitative estimate of drug-likeness (QED) is 0.732. The van der Waals surface area contributed by atoms with E-state index >= 15 is 0 Å². The number of aromatic nitrogens is 2. The summed E-state index contributed by atoms with van der Waals surface area (Å²) in [6.07, 6.45) is 3.91. The van der Waals surface area contributed by atoms with E-state index in [1.165, 1.54) is 12.3 Å². The first kappa shape index (κ1) is 14.7. The summed E-state index contributed by atoms with van der Waals surface area (Å²) in [5, 5.41) is 4.04. The lowest BCUT2D eigenvalue weighted by Crippen LogP contribution is -2.06. The van der Waals surface area contributed by atoms with Gasteiger partial charge in [-0.05, 0) is 30.2 Å². The van der Waals surface area contributed by atoms with Gasteiger partial charge in [0, 0.05) is 36.1 Å². The summed E-state index contributed by atoms with van der Waals surface area (Å²) in [4.78, 5) is 7.96. The van der Waals surface area contributed by atoms with E-state index in [-0.39, 0.29) is 5.52 Å². The minimum Gasteiger partial charge on any atom is -0.384 e. The normalized spacial score (nSPS) is 10.9. The van der Waals surface area contributed by atoms with Gasteiger partial charge >= 0.3 is 0 Å². The summed E-state index contributed by atoms with van der Waals surface area (Å²) in [7, 11) is 0. The Labute approximate surface area is 131 Å². The van der Waals surface area contributed by atoms with Gasteiger partial charge < -0.3 is 5.32 Å². The number of nitrogens with zero attached hydrogens (tertiary/aromatic N) is 2. The Bertz CT molecular complexity index is 806. The number of nitrogens with one attached hydrogen (secondary N) is 1. The molecule has 3 nitrogen and oxygen atoms in total. The van der Waals surface area contributed by atoms with Crippen LogP contribution >= 0.6 is 11.6 Å². The van der Waals surface area contributed by atoms with Crippen molar-refractivity contribution in [2.75, 3.05) is 11.9 Å². The summed E-state index contributed by atoms with van der Waals surface area (Å²) in [6, 6.07) is 7.42. The zero-order valence-electron chi connectivity index (χ0n) is 11.5. The molecule has 0 saturated heterocycles. The fourth-order valence-corrected chi connectivity index (χ4v) is 2.34. The van der Waals surface area contributed by atoms with Crippen molar-refractivity contribution in [3.8, 4) is 0 Å². The van der Waals surface area contributed by atoms with Crippen molar-refractivity contribution in [2.24, 2.45) is 0 Å². The van der Waals surface area contributed by atoms with Crippen LogP contribution in [0.3, 0.4) is 0 Å². The van der Waals surface area contributed by atoms with E-state index in [0.29, 0.717) is 29.2 Å². The Hall–Kier alpha value is -2.27. The van der Waals surface area contributed by atoms with E-state index in [2.05, 4.69) is 15.3 Å². The molecule has 3 rings (SSSR count). The molecule has 1 aromatic carbocycles. The SMILES string of the molecule is Fc1cc(F)c2nccc(NCCc3ccc(Cl)nc3)c2c1. The average molecular weight is 320 g/mol. The predicted molar refractivity (Wildman–Crippen MR) is 83.1 cm³/mol. The molecule has 0 aliphatic carbocycles. The third kappa shape index (κ3) is 3.14. The van der Waals surface area contributed by atoms with Crippen LogP contribution in [-0.4, -0.2) is 16.5 Å². The van der Waals surface area contributed by atoms with E-state index in [4.69, 9.17) is 11.6 Å². The van der Waals surface area contributed by atoms with Gasteiger partial charge in [0.25, 0.3) is 0 Å². The van der Waals surface area contributed by atoms with E-state index < -0.39 is 11.6 Å². The summed E-state index contributed by atoms with van der Waals surface area (Å²) in [5.41, 5.74) is 1.82. The van der Waals surface area contributed by atoms with Crippen molar-refractivity contribution in [2.45, 2.75) is 6.42 Å². The minimum absolute atomic E-state index is 0.152. The van der Waals surface area contributed by atoms with Crippen LogP contribution in [-0.2, 0) is 6.42 Å². The van der Waals surface area contributed by atoms with Crippen molar-refractivity contribution in [3.63, 3.8) is 0 Å². The highest BCUT2D eigenvalue weighted by molar-refractivity contribution is 6.29. The van der Waals surface area contributed by atoms with Crippen LogP contribution < -0.4 is 5.32 Å². The fourth-order valence-electron chi connectivity index (χ4n) is 2.23. The standard InChI is InChI=1S/C16H12ClF2N3/c17-15-2-1-10(9-22-15)3-5-20-14-4-6-21-16-12(14)7-11(18)8-13(16)19/h1-2,4,6-9H,3,5H2,(H,20,21). The Morgan fingerprint density at radius 2 is 1.95 bits per heavy atom. The number of hydrogen-bond donors (Lipinski definition) is 1. The molecule has 1 N–H and O–H groups in total. The molecule has 6 heteroatoms. The molecule has 2 aromatic heterocycles. The van der Waals surface area contributed by atoms with Gasteiger partial charge in [-0.15, -0.1) is 0 Å². The number of pyridine rings is 2. The highest BCUT2D eigenvalue weighted by Gasteiger charge is 2.08. The van der Waals surface area contributed by atoms with Gasteiger partial charge in [-0.1, -0.05) is 17.7 Å². The maximum atomic E-state index is 13.7. The maximum absolute atomic E-state index is 13.7. The van der Waals surface area contributed by atoms with E-state index in [9.17, 15) is 8.78 Å². The Morgan fingerprint density at radius 1 is 1.09 bits per heavy atom. The molecule has 2 heterocycles. The molecule has 0 bridgehead atoms. The summed E-state index contributed by atoms with van der Waals surface area (Å²) >= 11 is 5.73. The van der Waals surface area contributed by atoms with Gasteiger partial charge in [-0.2, -0.15) is 0 Å². The van der Waals surface area contributed by atoms with Crippen molar-refractivity contribution >= 4 is 28.2 Å². The van der Waals surface area contributed by atoms with Crippen LogP contribution in [0.2, 0.25) is 5.15 Å². The van der Waals surface area contributed by atoms with Gasteiger partial charge in [-0.3, -0.25) is 4.98 Å². The Kier molecular flexibility index (Phi) is 4.15. The molecule has 0 fully saturated rings. The van der Waals surface area contributed by atoms with Gasteiger partial charge in [0.2, 0.25) is 0 Å². The van der Waals surface area contributed by atoms with Crippen molar-refractivity contribution in [1.29, 1.82) is 0 Å². The summed E-state index contributed by atoms with van der Waals surface area (Å²) < 4.78 is 27.1. The number of fused-ring (bicyclic) bond motifs is 1. The van der Waals surface area contributed by atoms with Gasteiger partial charge in [0.05, 0.1) is 0 Å². The molecule has 0 aliphatic heterocycles. The molecular weight excluding hydrogens is 308 g/mol. The first-order valence-corrected chi connectivity index (χ1v) is 7.09. The van der Waals surface area contributed by atoms with Crippen molar-refractivity contribution < 1.29 is 8.78 Å². The fraction of sp³-hybridized carbons (Fsp3) is 0.125. The monoisotopic (exact) mass is 319 g/mol. The lowest BCUT2D eigenvalue weighted by molar-refractivity contribution is 0.590. The van der Waals surface area contributed by atoms with E-state index in [1.54, 1.807) is 18.3 Å². The first-order valence-electron chi connectivity index (χ1n) is 6.71. The molecule has 0 radical (unpaired) electrons. The Balaban J connectivity index is 1.78. The topological polar surface area (TPSA) is 37.8 Å². The zero-order chi connectivity index (χ0) is 15.5. The minimum atomic E-state index is -0.666. The summed E-state index contributed by atoms with van der Waals surface area (Å²) in [5.74, 6) is -1.29. The second-order valence-electron chi connectivity index (χ2n) is 4.81. The van der Waals surface area contributed by atoms with Gasteiger partial charge in [0.15, 0.2) is 5.82 Å². The van der Waals surface area contributed by atoms with Crippen molar-refractivity contribution in [1.82, 2.24) is 9.97 Å². The highest BCUT2D eigenvalue weighted by Crippen LogP contribution is 2.24. The maximum Gasteiger partial charge on any atom is 0.152 e. The Morgan fingerprint density at radius 3 is 2.73 bits per heavy atom. The third-order valence-corrected chi connectivity index (χ3v) is 3.50. The van der Waals surface area contributed by atoms with Gasteiger partial charge in [-0.25, -0.2) is 13.8 Å². The largest absolute Gasteiger partial charge is 0.384 e. The molecule has 0 aliphatic rings. The average Bonchev–Trinajstić information content (AvgIpc) is 2.50. The molecule has 3 aromatic rings. The van der Waals surface area contributed by atoms with Crippen LogP contribution in [0.4, 0.5) is 14.5 Å². The first-order chi connectivity index (χ1) is 10.6. The number of hydrogen-bond acceptors (Lipinski definition) is 3. The molecule has 0 amide bonds. The number of rotatable bonds is 4. The molecule has 0 spiro atoms. The second-order valence-corrected chi connectivity index (χ2v) is 5.20. The molecule has 0 unspecified atom stereocenters. The lowest BCUT2D eigenvalue weighted by Gasteiger charge is -2.10. The smallest absolute Gasteiger partial charge is 0.152 e. The number of halogens is 3. The van der Waals surface area contributed by atoms with Crippen LogP contribution in [0.25, 0.3) is 10.9 Å². The molecule has 22 heavy (non-hydrogen) atoms. The van der Waals surface area contributed by atoms with E-state index in [1.807, 2.05) is 6.07 Å². The lowest BCUT2D eigenvalue weighted by atomic mass is 10.1. The third-order valence-electron chi connectivity index (χ3n) is 3.28. The van der Waals surface area contributed by atoms with Gasteiger partial charge in [0.1, 0.15) is 16.5 Å². The number of benzene rings is 1. The highest BCUT2D eigenvalue weighted by atomic mass is 35.5. The van der Waals surface area contributed by atoms with E-state index in [0.717, 1.165) is 11.6 Å². The van der Waals surface area contributed by atoms with Crippen molar-refractivity contribution in [3.05, 3.63) is 65.1 Å². The van der Waals surface area contributed by atoms with Crippen LogP contribution in [0, 0.1) is 11.6 Å². The van der Waals surface area contributed by atoms with Crippen LogP contribution in [0.5, 0.6) is 0 Å². The van der Waals surface area contributed by atoms with Crippen LogP contribution in [0.15, 0.2) is 42.7 Å². The molecule has 0 atom stereocenters. The molecular formula is C16H12ClF2N3. The predicted octanol–water partition coefficient (Wildman–Crippen LogP) is 4.22. The summed E-state index contributed by atoms with van der Waals surface area (Å²) in [6.45, 7) is 0.598. The number of anilines is 1. The second kappa shape index (κ2) is 6.23.